The fourth-order valence-corrected chi connectivity index (χ4v) is 4.05. The molecule has 3 aromatic carbocycles. The molecule has 0 unspecified atom stereocenters. The highest BCUT2D eigenvalue weighted by molar-refractivity contribution is 14.1. The lowest BCUT2D eigenvalue weighted by Gasteiger charge is -2.14. The molecule has 0 saturated heterocycles. The Bertz CT molecular complexity index is 1090. The number of benzene rings is 3. The quantitative estimate of drug-likeness (QED) is 0.361. The van der Waals surface area contributed by atoms with E-state index in [2.05, 4.69) is 6.92 Å². The first-order chi connectivity index (χ1) is 13.6. The molecule has 0 atom stereocenters. The molecule has 0 aromatic heterocycles. The Balaban J connectivity index is 1.98. The third-order valence-corrected chi connectivity index (χ3v) is 5.36. The van der Waals surface area contributed by atoms with Crippen LogP contribution in [0.1, 0.15) is 40.1 Å². The second kappa shape index (κ2) is 7.43. The third kappa shape index (κ3) is 2.74. The van der Waals surface area contributed by atoms with Gasteiger partial charge in [0.1, 0.15) is 11.3 Å². The van der Waals surface area contributed by atoms with Crippen LogP contribution < -0.4 is 12.7 Å². The van der Waals surface area contributed by atoms with E-state index in [9.17, 15) is 9.59 Å². The molecule has 6 heteroatoms. The summed E-state index contributed by atoms with van der Waals surface area (Å²) in [4.78, 5) is 27.8. The average molecular weight is 487 g/mol. The number of amides is 2. The van der Waals surface area contributed by atoms with Crippen LogP contribution in [0, 0.1) is 0 Å². The second-order valence-corrected chi connectivity index (χ2v) is 6.87. The number of hydrogen-bond acceptors (Lipinski definition) is 4. The van der Waals surface area contributed by atoms with Crippen LogP contribution in [0.2, 0.25) is 0 Å². The molecule has 4 rings (SSSR count). The average Bonchev–Trinajstić information content (AvgIpc) is 2.99. The van der Waals surface area contributed by atoms with Gasteiger partial charge >= 0.3 is 0 Å². The van der Waals surface area contributed by atoms with Crippen molar-refractivity contribution in [1.82, 2.24) is 0 Å². The van der Waals surface area contributed by atoms with Crippen molar-refractivity contribution in [2.45, 2.75) is 20.3 Å². The van der Waals surface area contributed by atoms with Gasteiger partial charge in [-0.3, -0.25) is 9.59 Å². The maximum atomic E-state index is 13.3. The number of hydrogen-bond donors (Lipinski definition) is 0. The number of ether oxygens (including phenoxy) is 1. The molecule has 0 bridgehead atoms. The van der Waals surface area contributed by atoms with Gasteiger partial charge in [0.05, 0.1) is 17.9 Å². The minimum absolute atomic E-state index is 0.251. The van der Waals surface area contributed by atoms with Crippen molar-refractivity contribution in [3.63, 3.8) is 0 Å². The number of fused-ring (bicyclic) bond motifs is 2. The Kier molecular flexibility index (Phi) is 4.97. The fraction of sp³-hybridized carbons (Fsp3) is 0.182. The van der Waals surface area contributed by atoms with E-state index in [1.807, 2.05) is 43.3 Å². The van der Waals surface area contributed by atoms with Gasteiger partial charge in [-0.25, -0.2) is 4.90 Å². The number of anilines is 1. The van der Waals surface area contributed by atoms with Crippen LogP contribution in [0.3, 0.4) is 0 Å². The Morgan fingerprint density at radius 3 is 1.96 bits per heavy atom. The summed E-state index contributed by atoms with van der Waals surface area (Å²) in [5.41, 5.74) is 2.18. The van der Waals surface area contributed by atoms with Crippen molar-refractivity contribution in [3.8, 4) is 11.5 Å². The first kappa shape index (κ1) is 18.7. The largest absolute Gasteiger partial charge is 0.492 e. The van der Waals surface area contributed by atoms with Gasteiger partial charge in [0.15, 0.2) is 28.8 Å². The van der Waals surface area contributed by atoms with Crippen molar-refractivity contribution in [3.05, 3.63) is 65.2 Å². The lowest BCUT2D eigenvalue weighted by Crippen LogP contribution is -2.29. The summed E-state index contributed by atoms with van der Waals surface area (Å²) in [6, 6.07) is 14.9. The highest BCUT2D eigenvalue weighted by Gasteiger charge is 2.43. The molecule has 0 saturated carbocycles. The number of halogens is 1. The zero-order valence-corrected chi connectivity index (χ0v) is 17.6. The maximum Gasteiger partial charge on any atom is 0.270 e. The Labute approximate surface area is 176 Å². The predicted octanol–water partition coefficient (Wildman–Crippen LogP) is 5.33. The monoisotopic (exact) mass is 487 g/mol. The molecule has 142 valence electrons. The number of carbonyl (C=O) groups is 2. The van der Waals surface area contributed by atoms with Crippen LogP contribution in [0.15, 0.2) is 48.5 Å². The smallest absolute Gasteiger partial charge is 0.270 e. The predicted molar refractivity (Wildman–Crippen MR) is 117 cm³/mol. The summed E-state index contributed by atoms with van der Waals surface area (Å²) >= 11 is 1.75. The summed E-state index contributed by atoms with van der Waals surface area (Å²) in [5.74, 6) is 0.0211. The standard InChI is InChI=1S/C22H18INO4/c1-3-13-9-11-14(12-10-13)24-21(25)17-18(22(24)26)20(28-23)16-8-6-5-7-15(16)19(17)27-4-2/h5-12H,3-4H2,1-2H3. The van der Waals surface area contributed by atoms with Crippen molar-refractivity contribution < 1.29 is 17.4 Å². The molecule has 1 aliphatic heterocycles. The van der Waals surface area contributed by atoms with E-state index in [0.29, 0.717) is 23.8 Å². The van der Waals surface area contributed by atoms with Gasteiger partial charge in [0.2, 0.25) is 0 Å². The van der Waals surface area contributed by atoms with Crippen molar-refractivity contribution >= 4 is 51.3 Å². The van der Waals surface area contributed by atoms with Gasteiger partial charge in [-0.2, -0.15) is 0 Å². The highest BCUT2D eigenvalue weighted by Crippen LogP contribution is 2.46. The van der Waals surface area contributed by atoms with E-state index in [0.717, 1.165) is 22.8 Å². The Hall–Kier alpha value is -2.61. The number of rotatable bonds is 5. The zero-order valence-electron chi connectivity index (χ0n) is 15.5. The van der Waals surface area contributed by atoms with E-state index >= 15 is 0 Å². The zero-order chi connectivity index (χ0) is 19.8. The lowest BCUT2D eigenvalue weighted by molar-refractivity contribution is 0.0925. The molecule has 0 N–H and O–H groups in total. The van der Waals surface area contributed by atoms with Gasteiger partial charge in [-0.05, 0) is 31.0 Å². The first-order valence-corrected chi connectivity index (χ1v) is 9.98. The van der Waals surface area contributed by atoms with E-state index in [-0.39, 0.29) is 11.1 Å². The third-order valence-electron chi connectivity index (χ3n) is 4.92. The SMILES string of the molecule is CCOc1c2c(c(OI)c3ccccc13)C(=O)N(c1ccc(CC)cc1)C2=O. The molecule has 0 fully saturated rings. The summed E-state index contributed by atoms with van der Waals surface area (Å²) in [7, 11) is 0. The van der Waals surface area contributed by atoms with Crippen LogP contribution in [0.4, 0.5) is 5.69 Å². The van der Waals surface area contributed by atoms with Crippen molar-refractivity contribution in [1.29, 1.82) is 0 Å². The van der Waals surface area contributed by atoms with Crippen LogP contribution in [0.5, 0.6) is 11.5 Å². The fourth-order valence-electron chi connectivity index (χ4n) is 3.59. The lowest BCUT2D eigenvalue weighted by atomic mass is 9.99. The van der Waals surface area contributed by atoms with Crippen LogP contribution in [-0.4, -0.2) is 18.4 Å². The molecule has 1 heterocycles. The van der Waals surface area contributed by atoms with Gasteiger partial charge in [0, 0.05) is 10.8 Å². The van der Waals surface area contributed by atoms with Crippen molar-refractivity contribution in [2.75, 3.05) is 11.5 Å². The molecule has 2 amide bonds. The Morgan fingerprint density at radius 1 is 0.857 bits per heavy atom. The normalized spacial score (nSPS) is 13.2. The van der Waals surface area contributed by atoms with Gasteiger partial charge in [-0.1, -0.05) is 43.3 Å². The van der Waals surface area contributed by atoms with E-state index in [1.165, 1.54) is 4.90 Å². The Morgan fingerprint density at radius 2 is 1.43 bits per heavy atom. The molecular formula is C22H18INO4. The molecule has 5 nitrogen and oxygen atoms in total. The number of imide groups is 1. The molecule has 3 aromatic rings. The van der Waals surface area contributed by atoms with E-state index in [1.54, 1.807) is 35.1 Å². The van der Waals surface area contributed by atoms with Crippen molar-refractivity contribution in [2.24, 2.45) is 0 Å². The first-order valence-electron chi connectivity index (χ1n) is 9.10. The van der Waals surface area contributed by atoms with Gasteiger partial charge in [-0.15, -0.1) is 0 Å². The number of carbonyl (C=O) groups excluding carboxylic acids is 2. The van der Waals surface area contributed by atoms with Crippen LogP contribution in [0.25, 0.3) is 10.8 Å². The summed E-state index contributed by atoms with van der Waals surface area (Å²) in [6.07, 6.45) is 0.884. The molecule has 0 spiro atoms. The second-order valence-electron chi connectivity index (χ2n) is 6.43. The minimum atomic E-state index is -0.400. The van der Waals surface area contributed by atoms with E-state index < -0.39 is 11.8 Å². The minimum Gasteiger partial charge on any atom is -0.492 e. The topological polar surface area (TPSA) is 55.8 Å². The number of aryl methyl sites for hydroxylation is 1. The maximum absolute atomic E-state index is 13.3. The van der Waals surface area contributed by atoms with Crippen LogP contribution in [-0.2, 0) is 6.42 Å². The summed E-state index contributed by atoms with van der Waals surface area (Å²) < 4.78 is 11.4. The highest BCUT2D eigenvalue weighted by atomic mass is 127. The summed E-state index contributed by atoms with van der Waals surface area (Å²) in [6.45, 7) is 4.29. The molecule has 1 aliphatic rings. The molecular weight excluding hydrogens is 469 g/mol. The molecule has 28 heavy (non-hydrogen) atoms. The van der Waals surface area contributed by atoms with E-state index in [4.69, 9.17) is 7.80 Å². The number of nitrogens with zero attached hydrogens (tertiary/aromatic N) is 1. The van der Waals surface area contributed by atoms with Gasteiger partial charge in [0.25, 0.3) is 11.8 Å². The van der Waals surface area contributed by atoms with Gasteiger partial charge < -0.3 is 7.80 Å². The van der Waals surface area contributed by atoms with Crippen LogP contribution >= 0.6 is 23.0 Å². The summed E-state index contributed by atoms with van der Waals surface area (Å²) in [5, 5.41) is 1.49. The molecule has 0 aliphatic carbocycles. The molecule has 0 radical (unpaired) electrons.